The summed E-state index contributed by atoms with van der Waals surface area (Å²) < 4.78 is 2.19. The average molecular weight is 409 g/mol. The largest absolute Gasteiger partial charge is 0.345 e. The van der Waals surface area contributed by atoms with Crippen LogP contribution in [0.5, 0.6) is 0 Å². The zero-order valence-electron chi connectivity index (χ0n) is 17.6. The predicted molar refractivity (Wildman–Crippen MR) is 120 cm³/mol. The van der Waals surface area contributed by atoms with Crippen LogP contribution < -0.4 is 0 Å². The van der Waals surface area contributed by atoms with E-state index < -0.39 is 0 Å². The van der Waals surface area contributed by atoms with Crippen LogP contribution in [0.25, 0.3) is 0 Å². The molecule has 2 aromatic carbocycles. The molecule has 0 unspecified atom stereocenters. The van der Waals surface area contributed by atoms with E-state index in [1.54, 1.807) is 0 Å². The number of amides is 1. The highest BCUT2D eigenvalue weighted by atomic mass is 35.5. The summed E-state index contributed by atoms with van der Waals surface area (Å²) in [5, 5.41) is 0.737. The van der Waals surface area contributed by atoms with Crippen LogP contribution in [-0.4, -0.2) is 21.4 Å². The van der Waals surface area contributed by atoms with Crippen LogP contribution in [0.4, 0.5) is 0 Å². The van der Waals surface area contributed by atoms with Gasteiger partial charge in [0.1, 0.15) is 0 Å². The summed E-state index contributed by atoms with van der Waals surface area (Å²) in [6, 6.07) is 20.0. The van der Waals surface area contributed by atoms with Gasteiger partial charge in [0.15, 0.2) is 0 Å². The van der Waals surface area contributed by atoms with E-state index in [1.807, 2.05) is 60.4 Å². The van der Waals surface area contributed by atoms with Gasteiger partial charge in [0.2, 0.25) is 0 Å². The maximum absolute atomic E-state index is 13.3. The van der Waals surface area contributed by atoms with Crippen molar-refractivity contribution >= 4 is 17.5 Å². The number of nitrogens with zero attached hydrogens (tertiary/aromatic N) is 2. The van der Waals surface area contributed by atoms with Crippen molar-refractivity contribution in [3.63, 3.8) is 0 Å². The molecule has 1 atom stereocenters. The number of aromatic nitrogens is 1. The molecule has 152 valence electrons. The molecule has 1 heterocycles. The Labute approximate surface area is 178 Å². The van der Waals surface area contributed by atoms with Gasteiger partial charge in [0.25, 0.3) is 5.91 Å². The van der Waals surface area contributed by atoms with Gasteiger partial charge in [-0.05, 0) is 61.7 Å². The highest BCUT2D eigenvalue weighted by molar-refractivity contribution is 6.30. The van der Waals surface area contributed by atoms with Gasteiger partial charge >= 0.3 is 0 Å². The number of carbonyl (C=O) groups excluding carboxylic acids is 1. The SMILES string of the molecule is Cc1ccc(C(=O)N(Cc2cccn2Cc2cccc(Cl)c2)[C@@H](C)C(C)C)cc1. The highest BCUT2D eigenvalue weighted by Crippen LogP contribution is 2.20. The molecule has 3 aromatic rings. The molecule has 0 saturated carbocycles. The quantitative estimate of drug-likeness (QED) is 0.457. The number of aryl methyl sites for hydroxylation is 1. The molecule has 1 amide bonds. The van der Waals surface area contributed by atoms with Crippen molar-refractivity contribution in [3.05, 3.63) is 94.3 Å². The Balaban J connectivity index is 1.86. The zero-order valence-corrected chi connectivity index (χ0v) is 18.4. The van der Waals surface area contributed by atoms with Gasteiger partial charge in [0.05, 0.1) is 6.54 Å². The van der Waals surface area contributed by atoms with E-state index in [2.05, 4.69) is 43.7 Å². The molecule has 3 nitrogen and oxygen atoms in total. The van der Waals surface area contributed by atoms with Crippen LogP contribution in [0.15, 0.2) is 66.9 Å². The molecule has 29 heavy (non-hydrogen) atoms. The third-order valence-electron chi connectivity index (χ3n) is 5.51. The fraction of sp³-hybridized carbons (Fsp3) is 0.320. The zero-order chi connectivity index (χ0) is 21.0. The molecule has 1 aromatic heterocycles. The second-order valence-corrected chi connectivity index (χ2v) is 8.48. The van der Waals surface area contributed by atoms with Crippen molar-refractivity contribution < 1.29 is 4.79 Å². The smallest absolute Gasteiger partial charge is 0.254 e. The van der Waals surface area contributed by atoms with Crippen molar-refractivity contribution in [2.75, 3.05) is 0 Å². The summed E-state index contributed by atoms with van der Waals surface area (Å²) in [7, 11) is 0. The Hall–Kier alpha value is -2.52. The van der Waals surface area contributed by atoms with Crippen molar-refractivity contribution in [2.45, 2.75) is 46.8 Å². The maximum Gasteiger partial charge on any atom is 0.254 e. The van der Waals surface area contributed by atoms with E-state index in [1.165, 1.54) is 0 Å². The number of hydrogen-bond acceptors (Lipinski definition) is 1. The lowest BCUT2D eigenvalue weighted by atomic mass is 10.0. The third-order valence-corrected chi connectivity index (χ3v) is 5.75. The molecular formula is C25H29ClN2O. The lowest BCUT2D eigenvalue weighted by Gasteiger charge is -2.32. The molecular weight excluding hydrogens is 380 g/mol. The number of carbonyl (C=O) groups is 1. The van der Waals surface area contributed by atoms with E-state index in [0.29, 0.717) is 12.5 Å². The Morgan fingerprint density at radius 1 is 1.03 bits per heavy atom. The maximum atomic E-state index is 13.3. The first-order valence-electron chi connectivity index (χ1n) is 10.1. The van der Waals surface area contributed by atoms with Gasteiger partial charge in [0, 0.05) is 35.1 Å². The summed E-state index contributed by atoms with van der Waals surface area (Å²) >= 11 is 6.14. The van der Waals surface area contributed by atoms with Gasteiger partial charge in [-0.1, -0.05) is 55.3 Å². The second kappa shape index (κ2) is 9.32. The van der Waals surface area contributed by atoms with E-state index in [9.17, 15) is 4.79 Å². The molecule has 0 aliphatic carbocycles. The third kappa shape index (κ3) is 5.30. The molecule has 0 bridgehead atoms. The molecule has 0 radical (unpaired) electrons. The molecule has 0 aliphatic heterocycles. The van der Waals surface area contributed by atoms with Crippen molar-refractivity contribution in [2.24, 2.45) is 5.92 Å². The topological polar surface area (TPSA) is 25.2 Å². The Kier molecular flexibility index (Phi) is 6.81. The van der Waals surface area contributed by atoms with E-state index in [0.717, 1.165) is 34.0 Å². The number of hydrogen-bond donors (Lipinski definition) is 0. The number of benzene rings is 2. The van der Waals surface area contributed by atoms with Crippen LogP contribution in [0.1, 0.15) is 48.0 Å². The van der Waals surface area contributed by atoms with Crippen LogP contribution in [0.2, 0.25) is 5.02 Å². The summed E-state index contributed by atoms with van der Waals surface area (Å²) in [5.74, 6) is 0.433. The minimum atomic E-state index is 0.0710. The van der Waals surface area contributed by atoms with Crippen LogP contribution in [0, 0.1) is 12.8 Å². The molecule has 3 rings (SSSR count). The molecule has 0 aliphatic rings. The fourth-order valence-electron chi connectivity index (χ4n) is 3.38. The van der Waals surface area contributed by atoms with E-state index in [-0.39, 0.29) is 11.9 Å². The normalized spacial score (nSPS) is 12.2. The molecule has 0 fully saturated rings. The van der Waals surface area contributed by atoms with Crippen molar-refractivity contribution in [1.82, 2.24) is 9.47 Å². The Morgan fingerprint density at radius 3 is 2.41 bits per heavy atom. The first-order chi connectivity index (χ1) is 13.8. The fourth-order valence-corrected chi connectivity index (χ4v) is 3.59. The van der Waals surface area contributed by atoms with Crippen molar-refractivity contribution in [3.8, 4) is 0 Å². The lowest BCUT2D eigenvalue weighted by molar-refractivity contribution is 0.0622. The standard InChI is InChI=1S/C25H29ClN2O/c1-18(2)20(4)28(25(29)22-12-10-19(3)11-13-22)17-24-9-6-14-27(24)16-21-7-5-8-23(26)15-21/h5-15,18,20H,16-17H2,1-4H3/t20-/m0/s1. The Morgan fingerprint density at radius 2 is 1.76 bits per heavy atom. The van der Waals surface area contributed by atoms with Crippen LogP contribution in [0.3, 0.4) is 0 Å². The van der Waals surface area contributed by atoms with Gasteiger partial charge in [-0.25, -0.2) is 0 Å². The molecule has 4 heteroatoms. The average Bonchev–Trinajstić information content (AvgIpc) is 3.12. The molecule has 0 N–H and O–H groups in total. The molecule has 0 saturated heterocycles. The summed E-state index contributed by atoms with van der Waals surface area (Å²) in [5.41, 5.74) is 4.14. The van der Waals surface area contributed by atoms with Gasteiger partial charge in [-0.2, -0.15) is 0 Å². The number of halogens is 1. The monoisotopic (exact) mass is 408 g/mol. The van der Waals surface area contributed by atoms with E-state index in [4.69, 9.17) is 11.6 Å². The first-order valence-corrected chi connectivity index (χ1v) is 10.5. The van der Waals surface area contributed by atoms with E-state index >= 15 is 0 Å². The summed E-state index contributed by atoms with van der Waals surface area (Å²) in [6.45, 7) is 9.77. The van der Waals surface area contributed by atoms with Crippen molar-refractivity contribution in [1.29, 1.82) is 0 Å². The lowest BCUT2D eigenvalue weighted by Crippen LogP contribution is -2.41. The molecule has 0 spiro atoms. The van der Waals surface area contributed by atoms with Gasteiger partial charge < -0.3 is 9.47 Å². The number of rotatable bonds is 7. The first kappa shape index (κ1) is 21.2. The predicted octanol–water partition coefficient (Wildman–Crippen LogP) is 6.19. The van der Waals surface area contributed by atoms with Crippen LogP contribution in [-0.2, 0) is 13.1 Å². The Bertz CT molecular complexity index is 959. The second-order valence-electron chi connectivity index (χ2n) is 8.04. The highest BCUT2D eigenvalue weighted by Gasteiger charge is 2.25. The van der Waals surface area contributed by atoms with Gasteiger partial charge in [-0.15, -0.1) is 0 Å². The minimum absolute atomic E-state index is 0.0710. The summed E-state index contributed by atoms with van der Waals surface area (Å²) in [6.07, 6.45) is 2.06. The summed E-state index contributed by atoms with van der Waals surface area (Å²) in [4.78, 5) is 15.3. The van der Waals surface area contributed by atoms with Crippen LogP contribution >= 0.6 is 11.6 Å². The van der Waals surface area contributed by atoms with Gasteiger partial charge in [-0.3, -0.25) is 4.79 Å². The minimum Gasteiger partial charge on any atom is -0.345 e.